The Morgan fingerprint density at radius 1 is 1.08 bits per heavy atom. The zero-order valence-corrected chi connectivity index (χ0v) is 14.1. The van der Waals surface area contributed by atoms with E-state index in [2.05, 4.69) is 15.9 Å². The van der Waals surface area contributed by atoms with Crippen molar-refractivity contribution in [1.82, 2.24) is 0 Å². The normalized spacial score (nSPS) is 14.4. The van der Waals surface area contributed by atoms with Crippen molar-refractivity contribution in [1.29, 1.82) is 5.26 Å². The zero-order chi connectivity index (χ0) is 17.1. The van der Waals surface area contributed by atoms with E-state index in [0.717, 1.165) is 37.6 Å². The van der Waals surface area contributed by atoms with Gasteiger partial charge in [0.25, 0.3) is 0 Å². The highest BCUT2D eigenvalue weighted by Gasteiger charge is 2.20. The first kappa shape index (κ1) is 16.4. The molecule has 0 N–H and O–H groups in total. The molecule has 0 unspecified atom stereocenters. The van der Waals surface area contributed by atoms with E-state index in [-0.39, 0.29) is 5.82 Å². The fourth-order valence-electron chi connectivity index (χ4n) is 2.91. The molecule has 4 nitrogen and oxygen atoms in total. The number of anilines is 2. The maximum atomic E-state index is 13.3. The van der Waals surface area contributed by atoms with E-state index < -0.39 is 0 Å². The highest BCUT2D eigenvalue weighted by atomic mass is 35.5. The minimum Gasteiger partial charge on any atom is -0.494 e. The summed E-state index contributed by atoms with van der Waals surface area (Å²) in [5, 5.41) is 9.43. The summed E-state index contributed by atoms with van der Waals surface area (Å²) in [6.07, 6.45) is 0. The molecule has 124 valence electrons. The molecule has 24 heavy (non-hydrogen) atoms. The van der Waals surface area contributed by atoms with E-state index in [1.807, 2.05) is 12.1 Å². The average Bonchev–Trinajstić information content (AvgIpc) is 2.61. The molecule has 3 rings (SSSR count). The Kier molecular flexibility index (Phi) is 4.77. The molecule has 2 aromatic rings. The van der Waals surface area contributed by atoms with Crippen LogP contribution in [-0.4, -0.2) is 33.3 Å². The molecule has 0 aliphatic carbocycles. The third-order valence-corrected chi connectivity index (χ3v) is 4.51. The molecule has 0 aromatic heterocycles. The summed E-state index contributed by atoms with van der Waals surface area (Å²) in [6.45, 7) is 3.20. The van der Waals surface area contributed by atoms with E-state index in [4.69, 9.17) is 21.6 Å². The third-order valence-electron chi connectivity index (χ3n) is 4.20. The Morgan fingerprint density at radius 3 is 2.42 bits per heavy atom. The van der Waals surface area contributed by atoms with Crippen molar-refractivity contribution in [2.45, 2.75) is 0 Å². The predicted molar refractivity (Wildman–Crippen MR) is 93.5 cm³/mol. The van der Waals surface area contributed by atoms with Crippen molar-refractivity contribution < 1.29 is 9.13 Å². The van der Waals surface area contributed by atoms with Gasteiger partial charge >= 0.3 is 0 Å². The summed E-state index contributed by atoms with van der Waals surface area (Å²) < 4.78 is 18.6. The first-order chi connectivity index (χ1) is 11.6. The topological polar surface area (TPSA) is 39.5 Å². The summed E-state index contributed by atoms with van der Waals surface area (Å²) in [5.41, 5.74) is 2.39. The maximum absolute atomic E-state index is 13.3. The van der Waals surface area contributed by atoms with Crippen molar-refractivity contribution in [2.24, 2.45) is 0 Å². The molecule has 1 aliphatic rings. The molecular formula is C18H17ClFN3O. The standard InChI is InChI=1S/C18H17ClFN3O/c1-24-18-10-14(20)3-5-17(18)23-8-6-22(7-9-23)15-4-2-13(12-21)16(19)11-15/h2-5,10-11H,6-9H2,1H3. The molecule has 0 saturated carbocycles. The number of methoxy groups -OCH3 is 1. The second-order valence-electron chi connectivity index (χ2n) is 5.57. The van der Waals surface area contributed by atoms with Gasteiger partial charge in [-0.2, -0.15) is 5.26 Å². The molecule has 0 spiro atoms. The highest BCUT2D eigenvalue weighted by Crippen LogP contribution is 2.31. The second kappa shape index (κ2) is 6.98. The van der Waals surface area contributed by atoms with Crippen LogP contribution in [0.2, 0.25) is 5.02 Å². The van der Waals surface area contributed by atoms with E-state index >= 15 is 0 Å². The quantitative estimate of drug-likeness (QED) is 0.850. The predicted octanol–water partition coefficient (Wildman–Crippen LogP) is 3.69. The van der Waals surface area contributed by atoms with E-state index in [9.17, 15) is 4.39 Å². The van der Waals surface area contributed by atoms with Crippen molar-refractivity contribution in [3.05, 3.63) is 52.8 Å². The Bertz CT molecular complexity index is 782. The molecule has 1 heterocycles. The Morgan fingerprint density at radius 2 is 1.79 bits per heavy atom. The van der Waals surface area contributed by atoms with Crippen molar-refractivity contribution >= 4 is 23.0 Å². The van der Waals surface area contributed by atoms with Gasteiger partial charge in [0.05, 0.1) is 23.4 Å². The van der Waals surface area contributed by atoms with Crippen LogP contribution in [0, 0.1) is 17.1 Å². The summed E-state index contributed by atoms with van der Waals surface area (Å²) in [4.78, 5) is 4.40. The van der Waals surface area contributed by atoms with Gasteiger partial charge in [0.2, 0.25) is 0 Å². The molecule has 0 amide bonds. The van der Waals surface area contributed by atoms with Gasteiger partial charge in [0.15, 0.2) is 0 Å². The Balaban J connectivity index is 1.72. The van der Waals surface area contributed by atoms with Crippen LogP contribution < -0.4 is 14.5 Å². The maximum Gasteiger partial charge on any atom is 0.145 e. The first-order valence-electron chi connectivity index (χ1n) is 7.65. The lowest BCUT2D eigenvalue weighted by atomic mass is 10.1. The van der Waals surface area contributed by atoms with Crippen LogP contribution >= 0.6 is 11.6 Å². The van der Waals surface area contributed by atoms with Gasteiger partial charge in [-0.3, -0.25) is 0 Å². The number of nitrogens with zero attached hydrogens (tertiary/aromatic N) is 3. The largest absolute Gasteiger partial charge is 0.494 e. The molecule has 0 atom stereocenters. The number of ether oxygens (including phenoxy) is 1. The number of nitriles is 1. The van der Waals surface area contributed by atoms with Gasteiger partial charge < -0.3 is 14.5 Å². The summed E-state index contributed by atoms with van der Waals surface area (Å²) in [5.74, 6) is 0.242. The van der Waals surface area contributed by atoms with Crippen LogP contribution in [0.4, 0.5) is 15.8 Å². The van der Waals surface area contributed by atoms with Gasteiger partial charge in [-0.05, 0) is 30.3 Å². The number of hydrogen-bond acceptors (Lipinski definition) is 4. The van der Waals surface area contributed by atoms with Crippen LogP contribution in [-0.2, 0) is 0 Å². The molecular weight excluding hydrogens is 329 g/mol. The third kappa shape index (κ3) is 3.24. The van der Waals surface area contributed by atoms with Gasteiger partial charge in [-0.25, -0.2) is 4.39 Å². The van der Waals surface area contributed by atoms with E-state index in [1.54, 1.807) is 19.2 Å². The summed E-state index contributed by atoms with van der Waals surface area (Å²) >= 11 is 6.12. The molecule has 6 heteroatoms. The lowest BCUT2D eigenvalue weighted by molar-refractivity contribution is 0.410. The van der Waals surface area contributed by atoms with Crippen LogP contribution in [0.1, 0.15) is 5.56 Å². The number of halogens is 2. The Labute approximate surface area is 145 Å². The lowest BCUT2D eigenvalue weighted by Crippen LogP contribution is -2.46. The second-order valence-corrected chi connectivity index (χ2v) is 5.97. The van der Waals surface area contributed by atoms with Crippen molar-refractivity contribution in [3.63, 3.8) is 0 Å². The summed E-state index contributed by atoms with van der Waals surface area (Å²) in [6, 6.07) is 12.2. The average molecular weight is 346 g/mol. The molecule has 1 fully saturated rings. The molecule has 2 aromatic carbocycles. The number of rotatable bonds is 3. The molecule has 1 aliphatic heterocycles. The van der Waals surface area contributed by atoms with Crippen LogP contribution in [0.3, 0.4) is 0 Å². The SMILES string of the molecule is COc1cc(F)ccc1N1CCN(c2ccc(C#N)c(Cl)c2)CC1. The van der Waals surface area contributed by atoms with Crippen LogP contribution in [0.5, 0.6) is 5.75 Å². The van der Waals surface area contributed by atoms with Crippen molar-refractivity contribution in [2.75, 3.05) is 43.1 Å². The summed E-state index contributed by atoms with van der Waals surface area (Å²) in [7, 11) is 1.55. The molecule has 0 bridgehead atoms. The van der Waals surface area contributed by atoms with Gasteiger partial charge in [0, 0.05) is 37.9 Å². The molecule has 0 radical (unpaired) electrons. The van der Waals surface area contributed by atoms with Gasteiger partial charge in [0.1, 0.15) is 17.6 Å². The van der Waals surface area contributed by atoms with E-state index in [0.29, 0.717) is 16.3 Å². The highest BCUT2D eigenvalue weighted by molar-refractivity contribution is 6.32. The van der Waals surface area contributed by atoms with E-state index in [1.165, 1.54) is 12.1 Å². The fraction of sp³-hybridized carbons (Fsp3) is 0.278. The monoisotopic (exact) mass is 345 g/mol. The zero-order valence-electron chi connectivity index (χ0n) is 13.3. The van der Waals surface area contributed by atoms with Crippen LogP contribution in [0.25, 0.3) is 0 Å². The fourth-order valence-corrected chi connectivity index (χ4v) is 3.13. The first-order valence-corrected chi connectivity index (χ1v) is 8.03. The number of benzene rings is 2. The smallest absolute Gasteiger partial charge is 0.145 e. The minimum absolute atomic E-state index is 0.304. The van der Waals surface area contributed by atoms with Crippen LogP contribution in [0.15, 0.2) is 36.4 Å². The number of piperazine rings is 1. The molecule has 1 saturated heterocycles. The van der Waals surface area contributed by atoms with Gasteiger partial charge in [-0.1, -0.05) is 11.6 Å². The Hall–Kier alpha value is -2.45. The van der Waals surface area contributed by atoms with Gasteiger partial charge in [-0.15, -0.1) is 0 Å². The van der Waals surface area contributed by atoms with Crippen molar-refractivity contribution in [3.8, 4) is 11.8 Å². The minimum atomic E-state index is -0.304. The number of hydrogen-bond donors (Lipinski definition) is 0. The lowest BCUT2D eigenvalue weighted by Gasteiger charge is -2.38.